The first kappa shape index (κ1) is 21.7. The van der Waals surface area contributed by atoms with Crippen LogP contribution in [0.2, 0.25) is 0 Å². The van der Waals surface area contributed by atoms with Crippen molar-refractivity contribution >= 4 is 11.5 Å². The van der Waals surface area contributed by atoms with E-state index in [0.29, 0.717) is 0 Å². The maximum absolute atomic E-state index is 13.4. The summed E-state index contributed by atoms with van der Waals surface area (Å²) >= 11 is 0. The molecule has 4 rings (SSSR count). The Labute approximate surface area is 182 Å². The largest absolute Gasteiger partial charge is 0.337 e. The number of rotatable bonds is 6. The van der Waals surface area contributed by atoms with Gasteiger partial charge in [-0.3, -0.25) is 14.6 Å². The van der Waals surface area contributed by atoms with Crippen LogP contribution in [0.25, 0.3) is 5.57 Å². The molecular formula is C25H29F2N3O. The van der Waals surface area contributed by atoms with E-state index >= 15 is 0 Å². The van der Waals surface area contributed by atoms with Gasteiger partial charge in [0.1, 0.15) is 17.7 Å². The molecule has 0 bridgehead atoms. The number of fused-ring (bicyclic) bond motifs is 1. The van der Waals surface area contributed by atoms with Gasteiger partial charge in [0.15, 0.2) is 0 Å². The maximum Gasteiger partial charge on any atom is 0.240 e. The second-order valence-electron chi connectivity index (χ2n) is 8.83. The summed E-state index contributed by atoms with van der Waals surface area (Å²) in [6, 6.07) is 12.7. The molecule has 2 aliphatic rings. The number of nitrogens with zero attached hydrogens (tertiary/aromatic N) is 2. The molecule has 0 saturated carbocycles. The summed E-state index contributed by atoms with van der Waals surface area (Å²) in [5, 5.41) is 3.08. The quantitative estimate of drug-likeness (QED) is 0.710. The fourth-order valence-electron chi connectivity index (χ4n) is 4.62. The van der Waals surface area contributed by atoms with Crippen molar-refractivity contribution in [3.05, 3.63) is 77.4 Å². The second-order valence-corrected chi connectivity index (χ2v) is 8.83. The molecule has 2 heterocycles. The van der Waals surface area contributed by atoms with Gasteiger partial charge in [-0.15, -0.1) is 0 Å². The summed E-state index contributed by atoms with van der Waals surface area (Å²) in [5.74, 6) is -0.439. The molecule has 2 fully saturated rings. The van der Waals surface area contributed by atoms with Gasteiger partial charge in [0.2, 0.25) is 5.91 Å². The minimum Gasteiger partial charge on any atom is -0.337 e. The van der Waals surface area contributed by atoms with Crippen LogP contribution >= 0.6 is 0 Å². The molecule has 31 heavy (non-hydrogen) atoms. The Kier molecular flexibility index (Phi) is 6.21. The minimum atomic E-state index is -0.277. The molecule has 0 aromatic heterocycles. The fraction of sp³-hybridized carbons (Fsp3) is 0.400. The van der Waals surface area contributed by atoms with Gasteiger partial charge in [0.05, 0.1) is 5.66 Å². The molecule has 2 aromatic rings. The lowest BCUT2D eigenvalue weighted by molar-refractivity contribution is -0.122. The van der Waals surface area contributed by atoms with E-state index in [1.54, 1.807) is 24.3 Å². The van der Waals surface area contributed by atoms with Crippen molar-refractivity contribution in [2.24, 2.45) is 0 Å². The Hall–Kier alpha value is -2.57. The monoisotopic (exact) mass is 425 g/mol. The lowest BCUT2D eigenvalue weighted by Gasteiger charge is -2.41. The van der Waals surface area contributed by atoms with E-state index in [0.717, 1.165) is 55.7 Å². The van der Waals surface area contributed by atoms with Crippen LogP contribution in [0.15, 0.2) is 54.6 Å². The summed E-state index contributed by atoms with van der Waals surface area (Å²) in [5.41, 5.74) is 2.52. The highest BCUT2D eigenvalue weighted by molar-refractivity contribution is 5.85. The van der Waals surface area contributed by atoms with Gasteiger partial charge in [-0.25, -0.2) is 8.78 Å². The van der Waals surface area contributed by atoms with Crippen LogP contribution in [-0.4, -0.2) is 53.6 Å². The third-order valence-corrected chi connectivity index (χ3v) is 6.25. The smallest absolute Gasteiger partial charge is 0.240 e. The van der Waals surface area contributed by atoms with Crippen molar-refractivity contribution in [3.63, 3.8) is 0 Å². The van der Waals surface area contributed by atoms with E-state index in [1.807, 2.05) is 0 Å². The average molecular weight is 426 g/mol. The minimum absolute atomic E-state index is 0.0757. The number of benzene rings is 2. The SMILES string of the molecule is CC1(C)NC(=O)C2CN(CCCC=C(c3ccc(F)cc3)c3ccc(F)cc3)CCN21. The van der Waals surface area contributed by atoms with Gasteiger partial charge >= 0.3 is 0 Å². The summed E-state index contributed by atoms with van der Waals surface area (Å²) < 4.78 is 26.8. The number of halogens is 2. The molecule has 164 valence electrons. The highest BCUT2D eigenvalue weighted by Gasteiger charge is 2.47. The molecule has 0 spiro atoms. The van der Waals surface area contributed by atoms with E-state index in [4.69, 9.17) is 0 Å². The van der Waals surface area contributed by atoms with Crippen LogP contribution < -0.4 is 5.32 Å². The van der Waals surface area contributed by atoms with E-state index < -0.39 is 0 Å². The number of hydrogen-bond acceptors (Lipinski definition) is 3. The third kappa shape index (κ3) is 4.86. The van der Waals surface area contributed by atoms with Crippen molar-refractivity contribution in [1.82, 2.24) is 15.1 Å². The molecule has 1 unspecified atom stereocenters. The molecule has 2 saturated heterocycles. The Morgan fingerprint density at radius 3 is 2.19 bits per heavy atom. The lowest BCUT2D eigenvalue weighted by atomic mass is 9.96. The zero-order valence-corrected chi connectivity index (χ0v) is 18.1. The van der Waals surface area contributed by atoms with Crippen molar-refractivity contribution < 1.29 is 13.6 Å². The zero-order chi connectivity index (χ0) is 22.0. The molecule has 1 N–H and O–H groups in total. The van der Waals surface area contributed by atoms with Crippen LogP contribution in [0.1, 0.15) is 37.8 Å². The Bertz CT molecular complexity index is 906. The topological polar surface area (TPSA) is 35.6 Å². The highest BCUT2D eigenvalue weighted by Crippen LogP contribution is 2.27. The van der Waals surface area contributed by atoms with Crippen LogP contribution in [0.3, 0.4) is 0 Å². The third-order valence-electron chi connectivity index (χ3n) is 6.25. The molecule has 6 heteroatoms. The predicted molar refractivity (Wildman–Crippen MR) is 118 cm³/mol. The van der Waals surface area contributed by atoms with Crippen molar-refractivity contribution in [2.75, 3.05) is 26.2 Å². The van der Waals surface area contributed by atoms with E-state index in [1.165, 1.54) is 24.3 Å². The van der Waals surface area contributed by atoms with E-state index in [2.05, 4.69) is 35.0 Å². The second kappa shape index (κ2) is 8.89. The van der Waals surface area contributed by atoms with Gasteiger partial charge in [-0.1, -0.05) is 30.3 Å². The van der Waals surface area contributed by atoms with Gasteiger partial charge in [0.25, 0.3) is 0 Å². The van der Waals surface area contributed by atoms with E-state index in [-0.39, 0.29) is 29.2 Å². The molecule has 1 atom stereocenters. The first-order chi connectivity index (χ1) is 14.8. The molecule has 0 aliphatic carbocycles. The molecular weight excluding hydrogens is 396 g/mol. The predicted octanol–water partition coefficient (Wildman–Crippen LogP) is 4.03. The first-order valence-electron chi connectivity index (χ1n) is 10.9. The van der Waals surface area contributed by atoms with Crippen LogP contribution in [0.5, 0.6) is 0 Å². The number of allylic oxidation sites excluding steroid dienone is 1. The summed E-state index contributed by atoms with van der Waals surface area (Å²) in [6.45, 7) is 7.59. The van der Waals surface area contributed by atoms with Crippen LogP contribution in [-0.2, 0) is 4.79 Å². The Morgan fingerprint density at radius 1 is 1.03 bits per heavy atom. The van der Waals surface area contributed by atoms with Gasteiger partial charge in [-0.05, 0) is 74.2 Å². The average Bonchev–Trinajstić information content (AvgIpc) is 2.98. The standard InChI is InChI=1S/C25H29F2N3O/c1-25(2)28-24(31)23-17-29(15-16-30(23)25)14-4-3-5-22(18-6-10-20(26)11-7-18)19-8-12-21(27)13-9-19/h5-13,23H,3-4,14-17H2,1-2H3,(H,28,31). The fourth-order valence-corrected chi connectivity index (χ4v) is 4.62. The van der Waals surface area contributed by atoms with Crippen molar-refractivity contribution in [1.29, 1.82) is 0 Å². The summed E-state index contributed by atoms with van der Waals surface area (Å²) in [6.07, 6.45) is 3.93. The number of carbonyl (C=O) groups is 1. The number of hydrogen-bond donors (Lipinski definition) is 1. The highest BCUT2D eigenvalue weighted by atomic mass is 19.1. The molecule has 0 radical (unpaired) electrons. The number of amides is 1. The summed E-state index contributed by atoms with van der Waals surface area (Å²) in [4.78, 5) is 16.9. The summed E-state index contributed by atoms with van der Waals surface area (Å²) in [7, 11) is 0. The molecule has 2 aliphatic heterocycles. The van der Waals surface area contributed by atoms with Gasteiger partial charge < -0.3 is 5.32 Å². The lowest BCUT2D eigenvalue weighted by Crippen LogP contribution is -2.57. The molecule has 2 aromatic carbocycles. The number of nitrogens with one attached hydrogen (secondary N) is 1. The van der Waals surface area contributed by atoms with Crippen LogP contribution in [0, 0.1) is 11.6 Å². The van der Waals surface area contributed by atoms with Crippen molar-refractivity contribution in [3.8, 4) is 0 Å². The van der Waals surface area contributed by atoms with Crippen LogP contribution in [0.4, 0.5) is 8.78 Å². The molecule has 4 nitrogen and oxygen atoms in total. The number of unbranched alkanes of at least 4 members (excludes halogenated alkanes) is 1. The number of piperazine rings is 1. The first-order valence-corrected chi connectivity index (χ1v) is 10.9. The van der Waals surface area contributed by atoms with Gasteiger partial charge in [0, 0.05) is 19.6 Å². The number of carbonyl (C=O) groups excluding carboxylic acids is 1. The normalized spacial score (nSPS) is 20.9. The van der Waals surface area contributed by atoms with Crippen molar-refractivity contribution in [2.45, 2.75) is 38.4 Å². The van der Waals surface area contributed by atoms with E-state index in [9.17, 15) is 13.6 Å². The molecule has 1 amide bonds. The van der Waals surface area contributed by atoms with Gasteiger partial charge in [-0.2, -0.15) is 0 Å². The Morgan fingerprint density at radius 2 is 1.61 bits per heavy atom. The Balaban J connectivity index is 1.40. The zero-order valence-electron chi connectivity index (χ0n) is 18.1. The maximum atomic E-state index is 13.4.